The van der Waals surface area contributed by atoms with Gasteiger partial charge in [-0.3, -0.25) is 14.4 Å². The number of amides is 2. The number of furan rings is 1. The molecule has 138 valence electrons. The van der Waals surface area contributed by atoms with Gasteiger partial charge >= 0.3 is 0 Å². The van der Waals surface area contributed by atoms with E-state index in [4.69, 9.17) is 4.42 Å². The summed E-state index contributed by atoms with van der Waals surface area (Å²) in [6.07, 6.45) is 1.50. The lowest BCUT2D eigenvalue weighted by Gasteiger charge is -2.11. The first-order valence-electron chi connectivity index (χ1n) is 8.28. The summed E-state index contributed by atoms with van der Waals surface area (Å²) in [6, 6.07) is 13.9. The highest BCUT2D eigenvalue weighted by Gasteiger charge is 2.16. The van der Waals surface area contributed by atoms with Crippen molar-refractivity contribution in [3.8, 4) is 5.69 Å². The number of aryl methyl sites for hydroxylation is 1. The van der Waals surface area contributed by atoms with E-state index >= 15 is 0 Å². The van der Waals surface area contributed by atoms with Crippen LogP contribution in [0.2, 0.25) is 0 Å². The van der Waals surface area contributed by atoms with Gasteiger partial charge in [-0.05, 0) is 31.2 Å². The molecule has 0 atom stereocenters. The minimum absolute atomic E-state index is 0.214. The number of carbonyl (C=O) groups excluding carboxylic acids is 2. The Bertz CT molecular complexity index is 994. The Labute approximate surface area is 154 Å². The molecule has 2 amide bonds. The zero-order chi connectivity index (χ0) is 19.2. The molecular weight excluding hydrogens is 348 g/mol. The van der Waals surface area contributed by atoms with Gasteiger partial charge in [0.05, 0.1) is 25.0 Å². The van der Waals surface area contributed by atoms with E-state index in [9.17, 15) is 14.4 Å². The summed E-state index contributed by atoms with van der Waals surface area (Å²) in [4.78, 5) is 36.3. The van der Waals surface area contributed by atoms with Crippen molar-refractivity contribution in [1.82, 2.24) is 20.4 Å². The van der Waals surface area contributed by atoms with Crippen molar-refractivity contribution >= 4 is 11.8 Å². The van der Waals surface area contributed by atoms with Crippen LogP contribution in [0.25, 0.3) is 5.69 Å². The molecule has 0 saturated heterocycles. The van der Waals surface area contributed by atoms with E-state index in [0.29, 0.717) is 11.5 Å². The minimum Gasteiger partial charge on any atom is -0.467 e. The smallest absolute Gasteiger partial charge is 0.276 e. The van der Waals surface area contributed by atoms with Gasteiger partial charge in [-0.15, -0.1) is 0 Å². The highest BCUT2D eigenvalue weighted by Crippen LogP contribution is 2.07. The molecule has 0 aliphatic carbocycles. The molecule has 27 heavy (non-hydrogen) atoms. The van der Waals surface area contributed by atoms with E-state index in [1.165, 1.54) is 17.0 Å². The minimum atomic E-state index is -0.710. The maximum Gasteiger partial charge on any atom is 0.276 e. The van der Waals surface area contributed by atoms with Crippen molar-refractivity contribution in [3.05, 3.63) is 82.2 Å². The molecule has 0 aliphatic heterocycles. The molecule has 0 unspecified atom stereocenters. The summed E-state index contributed by atoms with van der Waals surface area (Å²) in [5, 5.41) is 9.16. The average molecular weight is 366 g/mol. The first-order valence-corrected chi connectivity index (χ1v) is 8.28. The Balaban J connectivity index is 1.67. The first kappa shape index (κ1) is 18.1. The van der Waals surface area contributed by atoms with Crippen molar-refractivity contribution in [3.63, 3.8) is 0 Å². The molecule has 0 spiro atoms. The summed E-state index contributed by atoms with van der Waals surface area (Å²) in [5.74, 6) is -0.520. The fourth-order valence-corrected chi connectivity index (χ4v) is 2.44. The monoisotopic (exact) mass is 366 g/mol. The van der Waals surface area contributed by atoms with Gasteiger partial charge < -0.3 is 15.1 Å². The number of nitrogens with one attached hydrogen (secondary N) is 2. The molecule has 3 rings (SSSR count). The SMILES string of the molecule is Cc1cc(=O)c(C(=O)NCC(=O)NCc2ccco2)nn1-c1ccccc1. The van der Waals surface area contributed by atoms with Crippen molar-refractivity contribution in [2.75, 3.05) is 6.54 Å². The second-order valence-electron chi connectivity index (χ2n) is 5.78. The Hall–Kier alpha value is -3.68. The standard InChI is InChI=1S/C19H18N4O4/c1-13-10-16(24)18(22-23(13)14-6-3-2-4-7-14)19(26)21-12-17(25)20-11-15-8-5-9-27-15/h2-10H,11-12H2,1H3,(H,20,25)(H,21,26). The quantitative estimate of drug-likeness (QED) is 0.681. The van der Waals surface area contributed by atoms with Crippen molar-refractivity contribution in [1.29, 1.82) is 0 Å². The Kier molecular flexibility index (Phi) is 5.46. The number of rotatable bonds is 6. The van der Waals surface area contributed by atoms with Crippen LogP contribution in [0.5, 0.6) is 0 Å². The van der Waals surface area contributed by atoms with Crippen LogP contribution in [-0.2, 0) is 11.3 Å². The highest BCUT2D eigenvalue weighted by molar-refractivity contribution is 5.94. The molecule has 2 N–H and O–H groups in total. The normalized spacial score (nSPS) is 10.4. The number of hydrogen-bond acceptors (Lipinski definition) is 5. The van der Waals surface area contributed by atoms with Crippen molar-refractivity contribution in [2.45, 2.75) is 13.5 Å². The molecule has 0 fully saturated rings. The third-order valence-electron chi connectivity index (χ3n) is 3.77. The largest absolute Gasteiger partial charge is 0.467 e. The Morgan fingerprint density at radius 1 is 1.11 bits per heavy atom. The molecule has 2 heterocycles. The molecular formula is C19H18N4O4. The van der Waals surface area contributed by atoms with Crippen LogP contribution >= 0.6 is 0 Å². The zero-order valence-corrected chi connectivity index (χ0v) is 14.6. The first-order chi connectivity index (χ1) is 13.0. The van der Waals surface area contributed by atoms with Gasteiger partial charge in [-0.1, -0.05) is 18.2 Å². The maximum atomic E-state index is 12.3. The highest BCUT2D eigenvalue weighted by atomic mass is 16.3. The predicted molar refractivity (Wildman–Crippen MR) is 97.5 cm³/mol. The van der Waals surface area contributed by atoms with Crippen molar-refractivity contribution < 1.29 is 14.0 Å². The topological polar surface area (TPSA) is 106 Å². The van der Waals surface area contributed by atoms with Crippen LogP contribution in [0.1, 0.15) is 21.9 Å². The third-order valence-corrected chi connectivity index (χ3v) is 3.77. The van der Waals surface area contributed by atoms with E-state index in [2.05, 4.69) is 15.7 Å². The zero-order valence-electron chi connectivity index (χ0n) is 14.6. The predicted octanol–water partition coefficient (Wildman–Crippen LogP) is 1.18. The fourth-order valence-electron chi connectivity index (χ4n) is 2.44. The number of para-hydroxylation sites is 1. The molecule has 3 aromatic rings. The Morgan fingerprint density at radius 3 is 2.59 bits per heavy atom. The van der Waals surface area contributed by atoms with Crippen LogP contribution in [-0.4, -0.2) is 28.1 Å². The number of carbonyl (C=O) groups is 2. The second-order valence-corrected chi connectivity index (χ2v) is 5.78. The maximum absolute atomic E-state index is 12.3. The van der Waals surface area contributed by atoms with Gasteiger partial charge in [0.15, 0.2) is 5.69 Å². The van der Waals surface area contributed by atoms with Crippen LogP contribution in [0.4, 0.5) is 0 Å². The molecule has 0 bridgehead atoms. The van der Waals surface area contributed by atoms with E-state index in [1.807, 2.05) is 30.3 Å². The lowest BCUT2D eigenvalue weighted by atomic mass is 10.2. The van der Waals surface area contributed by atoms with Crippen LogP contribution in [0.3, 0.4) is 0 Å². The number of benzene rings is 1. The number of aromatic nitrogens is 2. The lowest BCUT2D eigenvalue weighted by molar-refractivity contribution is -0.120. The molecule has 0 radical (unpaired) electrons. The van der Waals surface area contributed by atoms with Crippen LogP contribution in [0.15, 0.2) is 64.0 Å². The van der Waals surface area contributed by atoms with E-state index in [1.54, 1.807) is 19.1 Å². The van der Waals surface area contributed by atoms with Gasteiger partial charge in [0, 0.05) is 11.8 Å². The third kappa shape index (κ3) is 4.49. The van der Waals surface area contributed by atoms with Crippen LogP contribution in [0, 0.1) is 6.92 Å². The summed E-state index contributed by atoms with van der Waals surface area (Å²) < 4.78 is 6.61. The van der Waals surface area contributed by atoms with Gasteiger partial charge in [0.1, 0.15) is 5.76 Å². The summed E-state index contributed by atoms with van der Waals surface area (Å²) in [7, 11) is 0. The summed E-state index contributed by atoms with van der Waals surface area (Å²) >= 11 is 0. The molecule has 2 aromatic heterocycles. The molecule has 0 aliphatic rings. The average Bonchev–Trinajstić information content (AvgIpc) is 3.19. The summed E-state index contributed by atoms with van der Waals surface area (Å²) in [6.45, 7) is 1.66. The summed E-state index contributed by atoms with van der Waals surface area (Å²) in [5.41, 5.74) is 0.538. The van der Waals surface area contributed by atoms with Gasteiger partial charge in [-0.2, -0.15) is 5.10 Å². The van der Waals surface area contributed by atoms with E-state index in [-0.39, 0.29) is 18.8 Å². The second kappa shape index (κ2) is 8.13. The number of nitrogens with zero attached hydrogens (tertiary/aromatic N) is 2. The molecule has 1 aromatic carbocycles. The van der Waals surface area contributed by atoms with Gasteiger partial charge in [0.25, 0.3) is 5.91 Å². The van der Waals surface area contributed by atoms with E-state index in [0.717, 1.165) is 5.69 Å². The van der Waals surface area contributed by atoms with Gasteiger partial charge in [0.2, 0.25) is 11.3 Å². The van der Waals surface area contributed by atoms with Gasteiger partial charge in [-0.25, -0.2) is 4.68 Å². The lowest BCUT2D eigenvalue weighted by Crippen LogP contribution is -2.39. The Morgan fingerprint density at radius 2 is 1.89 bits per heavy atom. The molecule has 8 heteroatoms. The molecule has 8 nitrogen and oxygen atoms in total. The van der Waals surface area contributed by atoms with Crippen LogP contribution < -0.4 is 16.1 Å². The van der Waals surface area contributed by atoms with E-state index < -0.39 is 17.2 Å². The van der Waals surface area contributed by atoms with Crippen molar-refractivity contribution in [2.24, 2.45) is 0 Å². The number of hydrogen-bond donors (Lipinski definition) is 2. The fraction of sp³-hybridized carbons (Fsp3) is 0.158. The molecule has 0 saturated carbocycles.